The summed E-state index contributed by atoms with van der Waals surface area (Å²) in [5, 5.41) is 11.0. The molecule has 2 aromatic carbocycles. The van der Waals surface area contributed by atoms with E-state index in [0.29, 0.717) is 5.75 Å². The third-order valence-corrected chi connectivity index (χ3v) is 5.63. The third-order valence-electron chi connectivity index (χ3n) is 4.22. The minimum absolute atomic E-state index is 0.311. The first-order valence-corrected chi connectivity index (χ1v) is 9.66. The highest BCUT2D eigenvalue weighted by Gasteiger charge is 2.19. The van der Waals surface area contributed by atoms with Crippen LogP contribution in [0.1, 0.15) is 0 Å². The van der Waals surface area contributed by atoms with Crippen molar-refractivity contribution in [3.8, 4) is 0 Å². The SMILES string of the molecule is O[C@@H](CSc1ccc(Cl)cc1)CN1CCN(c2ccccc2)CC1. The van der Waals surface area contributed by atoms with Gasteiger partial charge in [0.1, 0.15) is 0 Å². The second kappa shape index (κ2) is 8.77. The van der Waals surface area contributed by atoms with Gasteiger partial charge in [-0.25, -0.2) is 0 Å². The molecule has 128 valence electrons. The Morgan fingerprint density at radius 3 is 2.29 bits per heavy atom. The molecule has 0 aromatic heterocycles. The van der Waals surface area contributed by atoms with Gasteiger partial charge in [0, 0.05) is 54.1 Å². The van der Waals surface area contributed by atoms with Crippen LogP contribution in [0.15, 0.2) is 59.5 Å². The molecule has 1 fully saturated rings. The minimum Gasteiger partial charge on any atom is -0.391 e. The van der Waals surface area contributed by atoms with Crippen LogP contribution in [0, 0.1) is 0 Å². The highest BCUT2D eigenvalue weighted by Crippen LogP contribution is 2.21. The summed E-state index contributed by atoms with van der Waals surface area (Å²) in [7, 11) is 0. The molecule has 1 saturated heterocycles. The number of nitrogens with zero attached hydrogens (tertiary/aromatic N) is 2. The molecule has 1 aliphatic rings. The van der Waals surface area contributed by atoms with E-state index in [1.807, 2.05) is 24.3 Å². The summed E-state index contributed by atoms with van der Waals surface area (Å²) in [6.45, 7) is 4.76. The monoisotopic (exact) mass is 362 g/mol. The zero-order chi connectivity index (χ0) is 16.8. The fraction of sp³-hybridized carbons (Fsp3) is 0.368. The lowest BCUT2D eigenvalue weighted by Crippen LogP contribution is -2.48. The molecule has 3 nitrogen and oxygen atoms in total. The highest BCUT2D eigenvalue weighted by atomic mass is 35.5. The molecule has 0 saturated carbocycles. The van der Waals surface area contributed by atoms with Gasteiger partial charge < -0.3 is 10.0 Å². The normalized spacial score (nSPS) is 17.0. The van der Waals surface area contributed by atoms with E-state index < -0.39 is 0 Å². The number of halogens is 1. The summed E-state index contributed by atoms with van der Waals surface area (Å²) >= 11 is 7.57. The zero-order valence-electron chi connectivity index (χ0n) is 13.6. The number of anilines is 1. The topological polar surface area (TPSA) is 26.7 Å². The predicted molar refractivity (Wildman–Crippen MR) is 103 cm³/mol. The summed E-state index contributed by atoms with van der Waals surface area (Å²) < 4.78 is 0. The van der Waals surface area contributed by atoms with Crippen molar-refractivity contribution in [3.05, 3.63) is 59.6 Å². The minimum atomic E-state index is -0.311. The number of aliphatic hydroxyl groups is 1. The van der Waals surface area contributed by atoms with E-state index in [9.17, 15) is 5.11 Å². The maximum Gasteiger partial charge on any atom is 0.0760 e. The van der Waals surface area contributed by atoms with E-state index in [4.69, 9.17) is 11.6 Å². The largest absolute Gasteiger partial charge is 0.391 e. The van der Waals surface area contributed by atoms with Gasteiger partial charge in [-0.15, -0.1) is 11.8 Å². The quantitative estimate of drug-likeness (QED) is 0.794. The van der Waals surface area contributed by atoms with Crippen LogP contribution in [0.5, 0.6) is 0 Å². The van der Waals surface area contributed by atoms with Gasteiger partial charge in [-0.05, 0) is 36.4 Å². The third kappa shape index (κ3) is 5.15. The van der Waals surface area contributed by atoms with Crippen molar-refractivity contribution in [1.29, 1.82) is 0 Å². The van der Waals surface area contributed by atoms with Gasteiger partial charge in [0.05, 0.1) is 6.10 Å². The Kier molecular flexibility index (Phi) is 6.44. The van der Waals surface area contributed by atoms with Gasteiger partial charge >= 0.3 is 0 Å². The maximum atomic E-state index is 10.3. The van der Waals surface area contributed by atoms with Gasteiger partial charge in [-0.1, -0.05) is 29.8 Å². The van der Waals surface area contributed by atoms with E-state index in [-0.39, 0.29) is 6.10 Å². The number of thioether (sulfide) groups is 1. The molecule has 0 bridgehead atoms. The van der Waals surface area contributed by atoms with Crippen LogP contribution in [-0.2, 0) is 0 Å². The summed E-state index contributed by atoms with van der Waals surface area (Å²) in [6.07, 6.45) is -0.311. The first kappa shape index (κ1) is 17.6. The van der Waals surface area contributed by atoms with E-state index in [1.54, 1.807) is 11.8 Å². The molecule has 1 heterocycles. The number of β-amino-alcohol motifs (C(OH)–C–C–N with tert-alkyl or cyclic N) is 1. The van der Waals surface area contributed by atoms with Gasteiger partial charge in [-0.2, -0.15) is 0 Å². The molecule has 0 spiro atoms. The first-order chi connectivity index (χ1) is 11.7. The Morgan fingerprint density at radius 2 is 1.62 bits per heavy atom. The Morgan fingerprint density at radius 1 is 0.958 bits per heavy atom. The van der Waals surface area contributed by atoms with E-state index in [0.717, 1.165) is 42.6 Å². The van der Waals surface area contributed by atoms with Crippen molar-refractivity contribution in [1.82, 2.24) is 4.90 Å². The van der Waals surface area contributed by atoms with E-state index in [1.165, 1.54) is 5.69 Å². The Balaban J connectivity index is 1.40. The van der Waals surface area contributed by atoms with Crippen LogP contribution < -0.4 is 4.90 Å². The molecule has 0 unspecified atom stereocenters. The lowest BCUT2D eigenvalue weighted by molar-refractivity contribution is 0.126. The maximum absolute atomic E-state index is 10.3. The van der Waals surface area contributed by atoms with Crippen molar-refractivity contribution in [3.63, 3.8) is 0 Å². The number of aliphatic hydroxyl groups excluding tert-OH is 1. The fourth-order valence-electron chi connectivity index (χ4n) is 2.90. The van der Waals surface area contributed by atoms with Crippen molar-refractivity contribution >= 4 is 29.1 Å². The Hall–Kier alpha value is -1.20. The molecule has 1 atom stereocenters. The van der Waals surface area contributed by atoms with Crippen LogP contribution in [0.4, 0.5) is 5.69 Å². The van der Waals surface area contributed by atoms with Crippen molar-refractivity contribution in [2.24, 2.45) is 0 Å². The standard InChI is InChI=1S/C19H23ClN2OS/c20-16-6-8-19(9-7-16)24-15-18(23)14-21-10-12-22(13-11-21)17-4-2-1-3-5-17/h1-9,18,23H,10-15H2/t18-/m1/s1. The lowest BCUT2D eigenvalue weighted by atomic mass is 10.2. The van der Waals surface area contributed by atoms with Crippen LogP contribution in [0.25, 0.3) is 0 Å². The number of hydrogen-bond donors (Lipinski definition) is 1. The Bertz CT molecular complexity index is 615. The summed E-state index contributed by atoms with van der Waals surface area (Å²) in [5.74, 6) is 0.709. The molecule has 0 aliphatic carbocycles. The molecule has 0 radical (unpaired) electrons. The molecule has 1 N–H and O–H groups in total. The average Bonchev–Trinajstić information content (AvgIpc) is 2.63. The second-order valence-electron chi connectivity index (χ2n) is 6.04. The van der Waals surface area contributed by atoms with Gasteiger partial charge in [0.2, 0.25) is 0 Å². The average molecular weight is 363 g/mol. The van der Waals surface area contributed by atoms with Crippen LogP contribution in [-0.4, -0.2) is 54.6 Å². The molecule has 5 heteroatoms. The van der Waals surface area contributed by atoms with Crippen molar-refractivity contribution < 1.29 is 5.11 Å². The van der Waals surface area contributed by atoms with E-state index in [2.05, 4.69) is 40.1 Å². The number of piperazine rings is 1. The lowest BCUT2D eigenvalue weighted by Gasteiger charge is -2.36. The zero-order valence-corrected chi connectivity index (χ0v) is 15.2. The van der Waals surface area contributed by atoms with Crippen LogP contribution in [0.2, 0.25) is 5.02 Å². The van der Waals surface area contributed by atoms with Gasteiger partial charge in [-0.3, -0.25) is 4.90 Å². The van der Waals surface area contributed by atoms with Crippen LogP contribution in [0.3, 0.4) is 0 Å². The molecular formula is C19H23ClN2OS. The van der Waals surface area contributed by atoms with Gasteiger partial charge in [0.15, 0.2) is 0 Å². The molecule has 2 aromatic rings. The number of benzene rings is 2. The summed E-state index contributed by atoms with van der Waals surface area (Å²) in [4.78, 5) is 5.91. The summed E-state index contributed by atoms with van der Waals surface area (Å²) in [6, 6.07) is 18.3. The Labute approximate surface area is 153 Å². The smallest absolute Gasteiger partial charge is 0.0760 e. The second-order valence-corrected chi connectivity index (χ2v) is 7.57. The first-order valence-electron chi connectivity index (χ1n) is 8.29. The molecular weight excluding hydrogens is 340 g/mol. The fourth-order valence-corrected chi connectivity index (χ4v) is 3.85. The molecule has 3 rings (SSSR count). The number of para-hydroxylation sites is 1. The predicted octanol–water partition coefficient (Wildman–Crippen LogP) is 3.62. The highest BCUT2D eigenvalue weighted by molar-refractivity contribution is 7.99. The van der Waals surface area contributed by atoms with Crippen LogP contribution >= 0.6 is 23.4 Å². The van der Waals surface area contributed by atoms with Crippen molar-refractivity contribution in [2.75, 3.05) is 43.4 Å². The summed E-state index contributed by atoms with van der Waals surface area (Å²) in [5.41, 5.74) is 1.29. The molecule has 1 aliphatic heterocycles. The number of rotatable bonds is 6. The van der Waals surface area contributed by atoms with Crippen molar-refractivity contribution in [2.45, 2.75) is 11.0 Å². The van der Waals surface area contributed by atoms with E-state index >= 15 is 0 Å². The molecule has 0 amide bonds. The van der Waals surface area contributed by atoms with Gasteiger partial charge in [0.25, 0.3) is 0 Å². The molecule has 24 heavy (non-hydrogen) atoms. The number of hydrogen-bond acceptors (Lipinski definition) is 4.